The van der Waals surface area contributed by atoms with E-state index >= 15 is 0 Å². The normalized spacial score (nSPS) is 13.4. The molecule has 2 N–H and O–H groups in total. The Labute approximate surface area is 194 Å². The fraction of sp³-hybridized carbons (Fsp3) is 0.308. The Morgan fingerprint density at radius 2 is 1.61 bits per heavy atom. The monoisotopic (exact) mass is 446 g/mol. The van der Waals surface area contributed by atoms with Gasteiger partial charge in [-0.15, -0.1) is 0 Å². The van der Waals surface area contributed by atoms with Crippen molar-refractivity contribution in [2.24, 2.45) is 5.73 Å². The third-order valence-corrected chi connectivity index (χ3v) is 5.79. The van der Waals surface area contributed by atoms with Crippen molar-refractivity contribution in [3.05, 3.63) is 100.0 Å². The first-order valence-electron chi connectivity index (χ1n) is 11.4. The summed E-state index contributed by atoms with van der Waals surface area (Å²) >= 11 is 0. The average molecular weight is 447 g/mol. The van der Waals surface area contributed by atoms with E-state index in [1.807, 2.05) is 36.4 Å². The maximum atomic E-state index is 13.5. The van der Waals surface area contributed by atoms with Crippen molar-refractivity contribution >= 4 is 5.91 Å². The second kappa shape index (κ2) is 10.4. The highest BCUT2D eigenvalue weighted by atomic mass is 16.5. The summed E-state index contributed by atoms with van der Waals surface area (Å²) < 4.78 is 7.65. The first-order valence-corrected chi connectivity index (χ1v) is 11.4. The van der Waals surface area contributed by atoms with E-state index in [9.17, 15) is 9.59 Å². The zero-order valence-electron chi connectivity index (χ0n) is 18.9. The number of aromatic nitrogens is 1. The second-order valence-corrected chi connectivity index (χ2v) is 8.07. The van der Waals surface area contributed by atoms with Gasteiger partial charge in [-0.2, -0.15) is 0 Å². The fourth-order valence-electron chi connectivity index (χ4n) is 4.17. The highest BCUT2D eigenvalue weighted by molar-refractivity contribution is 5.96. The zero-order valence-corrected chi connectivity index (χ0v) is 18.9. The Bertz CT molecular complexity index is 1090. The lowest BCUT2D eigenvalue weighted by Gasteiger charge is -2.44. The van der Waals surface area contributed by atoms with Crippen LogP contribution < -0.4 is 20.9 Å². The minimum absolute atomic E-state index is 0.0996. The van der Waals surface area contributed by atoms with Crippen LogP contribution in [-0.4, -0.2) is 41.8 Å². The van der Waals surface area contributed by atoms with Crippen molar-refractivity contribution in [1.29, 1.82) is 0 Å². The summed E-state index contributed by atoms with van der Waals surface area (Å²) in [7, 11) is 0. The average Bonchev–Trinajstić information content (AvgIpc) is 2.84. The summed E-state index contributed by atoms with van der Waals surface area (Å²) in [4.78, 5) is 27.9. The van der Waals surface area contributed by atoms with E-state index in [1.54, 1.807) is 15.8 Å². The van der Waals surface area contributed by atoms with Gasteiger partial charge in [-0.3, -0.25) is 19.3 Å². The number of carbonyl (C=O) groups excluding carboxylic acids is 1. The molecule has 0 aliphatic carbocycles. The smallest absolute Gasteiger partial charge is 0.277 e. The molecule has 2 heterocycles. The Morgan fingerprint density at radius 1 is 0.970 bits per heavy atom. The largest absolute Gasteiger partial charge is 0.487 e. The molecule has 0 atom stereocenters. The molecule has 7 heteroatoms. The predicted octanol–water partition coefficient (Wildman–Crippen LogP) is 3.13. The van der Waals surface area contributed by atoms with Gasteiger partial charge in [0.2, 0.25) is 5.43 Å². The summed E-state index contributed by atoms with van der Waals surface area (Å²) in [5, 5.41) is 2.09. The molecule has 0 saturated carbocycles. The molecule has 1 amide bonds. The first kappa shape index (κ1) is 22.6. The highest BCUT2D eigenvalue weighted by Crippen LogP contribution is 2.32. The molecule has 172 valence electrons. The Hall–Kier alpha value is -3.58. The van der Waals surface area contributed by atoms with Gasteiger partial charge in [0.15, 0.2) is 11.4 Å². The molecule has 4 rings (SSSR count). The number of fused-ring (bicyclic) bond motifs is 1. The van der Waals surface area contributed by atoms with Crippen LogP contribution in [0.3, 0.4) is 0 Å². The molecule has 0 radical (unpaired) electrons. The fourth-order valence-corrected chi connectivity index (χ4v) is 4.17. The van der Waals surface area contributed by atoms with E-state index in [4.69, 9.17) is 10.5 Å². The quantitative estimate of drug-likeness (QED) is 0.511. The third kappa shape index (κ3) is 4.64. The van der Waals surface area contributed by atoms with Gasteiger partial charge in [-0.25, -0.2) is 0 Å². The topological polar surface area (TPSA) is 80.8 Å². The molecule has 3 aromatic rings. The number of hydrogen-bond acceptors (Lipinski definition) is 5. The summed E-state index contributed by atoms with van der Waals surface area (Å²) in [6.07, 6.45) is 3.40. The van der Waals surface area contributed by atoms with E-state index in [1.165, 1.54) is 6.07 Å². The van der Waals surface area contributed by atoms with E-state index in [0.717, 1.165) is 24.0 Å². The number of nitrogens with zero attached hydrogens (tertiary/aromatic N) is 3. The summed E-state index contributed by atoms with van der Waals surface area (Å²) in [5.74, 6) is -0.150. The van der Waals surface area contributed by atoms with Crippen molar-refractivity contribution in [3.8, 4) is 5.75 Å². The highest BCUT2D eigenvalue weighted by Gasteiger charge is 2.36. The molecule has 0 saturated heterocycles. The van der Waals surface area contributed by atoms with Gasteiger partial charge in [-0.05, 0) is 17.5 Å². The molecule has 7 nitrogen and oxygen atoms in total. The van der Waals surface area contributed by atoms with Crippen molar-refractivity contribution in [2.45, 2.75) is 25.8 Å². The van der Waals surface area contributed by atoms with Crippen molar-refractivity contribution in [3.63, 3.8) is 0 Å². The number of carbonyl (C=O) groups is 1. The molecule has 0 bridgehead atoms. The van der Waals surface area contributed by atoms with Crippen LogP contribution in [0.5, 0.6) is 5.75 Å². The van der Waals surface area contributed by atoms with Crippen LogP contribution in [0.4, 0.5) is 0 Å². The molecule has 0 fully saturated rings. The number of nitrogens with two attached hydrogens (primary N) is 1. The number of hydrogen-bond donors (Lipinski definition) is 1. The molecule has 0 spiro atoms. The second-order valence-electron chi connectivity index (χ2n) is 8.07. The Morgan fingerprint density at radius 3 is 2.18 bits per heavy atom. The number of unbranched alkanes of at least 4 members (excludes halogenated alkanes) is 1. The Kier molecular flexibility index (Phi) is 7.10. The molecule has 1 aromatic heterocycles. The molecule has 1 aliphatic heterocycles. The van der Waals surface area contributed by atoms with Crippen molar-refractivity contribution in [1.82, 2.24) is 9.58 Å². The molecule has 1 aliphatic rings. The van der Waals surface area contributed by atoms with Crippen molar-refractivity contribution in [2.75, 3.05) is 31.4 Å². The number of ether oxygens (including phenoxy) is 1. The minimum atomic E-state index is -0.295. The third-order valence-electron chi connectivity index (χ3n) is 5.79. The lowest BCUT2D eigenvalue weighted by molar-refractivity contribution is 0.0683. The zero-order chi connectivity index (χ0) is 23.2. The molecule has 2 aromatic carbocycles. The van der Waals surface area contributed by atoms with Crippen LogP contribution in [0.2, 0.25) is 0 Å². The SMILES string of the molecule is CCCCOc1c2n(ccc1=O)N(C(c1ccccc1)c1ccccc1)CN(CCN)C2=O. The van der Waals surface area contributed by atoms with Gasteiger partial charge < -0.3 is 15.4 Å². The molecule has 33 heavy (non-hydrogen) atoms. The van der Waals surface area contributed by atoms with Crippen LogP contribution in [0.15, 0.2) is 77.7 Å². The van der Waals surface area contributed by atoms with Gasteiger partial charge in [0.25, 0.3) is 5.91 Å². The van der Waals surface area contributed by atoms with E-state index in [-0.39, 0.29) is 28.8 Å². The van der Waals surface area contributed by atoms with E-state index in [0.29, 0.717) is 26.4 Å². The summed E-state index contributed by atoms with van der Waals surface area (Å²) in [5.41, 5.74) is 7.94. The lowest BCUT2D eigenvalue weighted by atomic mass is 9.98. The van der Waals surface area contributed by atoms with Gasteiger partial charge in [0, 0.05) is 25.4 Å². The van der Waals surface area contributed by atoms with Crippen LogP contribution >= 0.6 is 0 Å². The van der Waals surface area contributed by atoms with Crippen LogP contribution in [-0.2, 0) is 0 Å². The van der Waals surface area contributed by atoms with E-state index in [2.05, 4.69) is 36.2 Å². The Balaban J connectivity index is 1.89. The molecule has 0 unspecified atom stereocenters. The van der Waals surface area contributed by atoms with E-state index < -0.39 is 0 Å². The number of amides is 1. The maximum absolute atomic E-state index is 13.5. The van der Waals surface area contributed by atoms with Crippen LogP contribution in [0.1, 0.15) is 47.4 Å². The van der Waals surface area contributed by atoms with Crippen molar-refractivity contribution < 1.29 is 9.53 Å². The summed E-state index contributed by atoms with van der Waals surface area (Å²) in [6, 6.07) is 21.5. The molecular formula is C26H30N4O3. The number of pyridine rings is 1. The number of benzene rings is 2. The van der Waals surface area contributed by atoms with Gasteiger partial charge in [-0.1, -0.05) is 74.0 Å². The maximum Gasteiger partial charge on any atom is 0.277 e. The molecular weight excluding hydrogens is 416 g/mol. The first-order chi connectivity index (χ1) is 16.2. The predicted molar refractivity (Wildman–Crippen MR) is 129 cm³/mol. The minimum Gasteiger partial charge on any atom is -0.487 e. The van der Waals surface area contributed by atoms with Gasteiger partial charge in [0.05, 0.1) is 12.6 Å². The number of rotatable bonds is 9. The van der Waals surface area contributed by atoms with Crippen LogP contribution in [0, 0.1) is 0 Å². The summed E-state index contributed by atoms with van der Waals surface area (Å²) in [6.45, 7) is 3.46. The standard InChI is InChI=1S/C26H30N4O3/c1-2-3-18-33-25-22(31)14-16-29-24(25)26(32)28(17-15-27)19-30(29)23(20-10-6-4-7-11-20)21-12-8-5-9-13-21/h4-14,16,23H,2-3,15,17-19,27H2,1H3. The lowest BCUT2D eigenvalue weighted by Crippen LogP contribution is -2.56. The van der Waals surface area contributed by atoms with Crippen LogP contribution in [0.25, 0.3) is 0 Å². The van der Waals surface area contributed by atoms with Gasteiger partial charge in [0.1, 0.15) is 6.67 Å². The van der Waals surface area contributed by atoms with Gasteiger partial charge >= 0.3 is 0 Å².